The van der Waals surface area contributed by atoms with Crippen molar-refractivity contribution in [1.82, 2.24) is 4.98 Å². The lowest BCUT2D eigenvalue weighted by molar-refractivity contribution is 0.147. The lowest BCUT2D eigenvalue weighted by atomic mass is 10.2. The molecule has 0 fully saturated rings. The van der Waals surface area contributed by atoms with Crippen molar-refractivity contribution < 1.29 is 9.47 Å². The number of para-hydroxylation sites is 1. The highest BCUT2D eigenvalue weighted by molar-refractivity contribution is 5.84. The minimum atomic E-state index is 0.560. The first kappa shape index (κ1) is 9.93. The first-order valence-electron chi connectivity index (χ1n) is 4.87. The lowest BCUT2D eigenvalue weighted by Gasteiger charge is -2.07. The van der Waals surface area contributed by atoms with Crippen molar-refractivity contribution in [2.45, 2.75) is 0 Å². The third-order valence-electron chi connectivity index (χ3n) is 2.15. The normalized spacial score (nSPS) is 10.5. The summed E-state index contributed by atoms with van der Waals surface area (Å²) in [5.74, 6) is 0.859. The molecule has 0 atom stereocenters. The molecular formula is C12H13NO2. The Morgan fingerprint density at radius 1 is 1.13 bits per heavy atom. The van der Waals surface area contributed by atoms with E-state index in [0.717, 1.165) is 16.7 Å². The molecule has 3 heteroatoms. The Morgan fingerprint density at radius 3 is 2.87 bits per heavy atom. The fraction of sp³-hybridized carbons (Fsp3) is 0.250. The molecule has 2 rings (SSSR count). The third kappa shape index (κ3) is 2.25. The van der Waals surface area contributed by atoms with Gasteiger partial charge in [0.25, 0.3) is 0 Å². The van der Waals surface area contributed by atoms with Crippen LogP contribution in [0.15, 0.2) is 36.5 Å². The summed E-state index contributed by atoms with van der Waals surface area (Å²) in [6.07, 6.45) is 1.75. The summed E-state index contributed by atoms with van der Waals surface area (Å²) in [5, 5.41) is 1.04. The van der Waals surface area contributed by atoms with E-state index in [9.17, 15) is 0 Å². The highest BCUT2D eigenvalue weighted by atomic mass is 16.5. The molecule has 0 aliphatic rings. The summed E-state index contributed by atoms with van der Waals surface area (Å²) >= 11 is 0. The lowest BCUT2D eigenvalue weighted by Crippen LogP contribution is -2.04. The molecule has 0 saturated heterocycles. The zero-order valence-corrected chi connectivity index (χ0v) is 8.64. The number of benzene rings is 1. The first-order valence-corrected chi connectivity index (χ1v) is 4.87. The van der Waals surface area contributed by atoms with Crippen LogP contribution in [0, 0.1) is 0 Å². The average Bonchev–Trinajstić information content (AvgIpc) is 2.30. The molecule has 78 valence electrons. The van der Waals surface area contributed by atoms with Gasteiger partial charge < -0.3 is 9.47 Å². The van der Waals surface area contributed by atoms with Crippen LogP contribution in [0.25, 0.3) is 10.9 Å². The van der Waals surface area contributed by atoms with Crippen molar-refractivity contribution in [3.63, 3.8) is 0 Å². The van der Waals surface area contributed by atoms with Crippen LogP contribution in [-0.2, 0) is 4.74 Å². The molecule has 15 heavy (non-hydrogen) atoms. The maximum Gasteiger partial charge on any atom is 0.130 e. The minimum absolute atomic E-state index is 0.560. The van der Waals surface area contributed by atoms with Crippen molar-refractivity contribution in [3.8, 4) is 5.75 Å². The highest BCUT2D eigenvalue weighted by Gasteiger charge is 2.01. The van der Waals surface area contributed by atoms with Crippen molar-refractivity contribution >= 4 is 10.9 Å². The van der Waals surface area contributed by atoms with Crippen molar-refractivity contribution in [2.75, 3.05) is 20.3 Å². The van der Waals surface area contributed by atoms with Gasteiger partial charge in [-0.2, -0.15) is 0 Å². The first-order chi connectivity index (χ1) is 7.42. The second kappa shape index (κ2) is 4.75. The third-order valence-corrected chi connectivity index (χ3v) is 2.15. The van der Waals surface area contributed by atoms with Gasteiger partial charge in [0.1, 0.15) is 12.4 Å². The van der Waals surface area contributed by atoms with Gasteiger partial charge in [-0.05, 0) is 18.2 Å². The molecule has 1 aromatic carbocycles. The smallest absolute Gasteiger partial charge is 0.130 e. The molecule has 0 bridgehead atoms. The molecule has 0 aliphatic carbocycles. The van der Waals surface area contributed by atoms with Gasteiger partial charge in [0.2, 0.25) is 0 Å². The van der Waals surface area contributed by atoms with Crippen LogP contribution in [0.3, 0.4) is 0 Å². The van der Waals surface area contributed by atoms with Gasteiger partial charge >= 0.3 is 0 Å². The maximum atomic E-state index is 5.59. The van der Waals surface area contributed by atoms with Crippen LogP contribution in [0.1, 0.15) is 0 Å². The molecule has 0 spiro atoms. The van der Waals surface area contributed by atoms with Crippen LogP contribution in [0.2, 0.25) is 0 Å². The number of hydrogen-bond acceptors (Lipinski definition) is 3. The summed E-state index contributed by atoms with van der Waals surface area (Å²) in [5.41, 5.74) is 0.951. The Bertz CT molecular complexity index is 437. The Morgan fingerprint density at radius 2 is 2.00 bits per heavy atom. The molecule has 0 N–H and O–H groups in total. The van der Waals surface area contributed by atoms with E-state index in [-0.39, 0.29) is 0 Å². The Kier molecular flexibility index (Phi) is 3.15. The van der Waals surface area contributed by atoms with E-state index in [2.05, 4.69) is 4.98 Å². The van der Waals surface area contributed by atoms with E-state index in [1.807, 2.05) is 30.3 Å². The van der Waals surface area contributed by atoms with Crippen molar-refractivity contribution in [2.24, 2.45) is 0 Å². The van der Waals surface area contributed by atoms with Crippen LogP contribution in [0.4, 0.5) is 0 Å². The molecule has 0 aliphatic heterocycles. The number of methoxy groups -OCH3 is 1. The van der Waals surface area contributed by atoms with Crippen LogP contribution in [-0.4, -0.2) is 25.3 Å². The molecule has 0 saturated carbocycles. The molecule has 1 aromatic heterocycles. The number of hydrogen-bond donors (Lipinski definition) is 0. The molecule has 1 heterocycles. The monoisotopic (exact) mass is 203 g/mol. The van der Waals surface area contributed by atoms with E-state index in [1.54, 1.807) is 13.3 Å². The van der Waals surface area contributed by atoms with E-state index in [1.165, 1.54) is 0 Å². The highest BCUT2D eigenvalue weighted by Crippen LogP contribution is 2.22. The van der Waals surface area contributed by atoms with E-state index < -0.39 is 0 Å². The number of ether oxygens (including phenoxy) is 2. The predicted molar refractivity (Wildman–Crippen MR) is 59.1 cm³/mol. The second-order valence-corrected chi connectivity index (χ2v) is 3.17. The molecule has 0 radical (unpaired) electrons. The largest absolute Gasteiger partial charge is 0.490 e. The summed E-state index contributed by atoms with van der Waals surface area (Å²) in [6, 6.07) is 9.79. The Labute approximate surface area is 88.7 Å². The number of fused-ring (bicyclic) bond motifs is 1. The molecular weight excluding hydrogens is 190 g/mol. The Hall–Kier alpha value is -1.61. The van der Waals surface area contributed by atoms with Gasteiger partial charge in [-0.15, -0.1) is 0 Å². The second-order valence-electron chi connectivity index (χ2n) is 3.17. The van der Waals surface area contributed by atoms with E-state index in [0.29, 0.717) is 13.2 Å². The van der Waals surface area contributed by atoms with Gasteiger partial charge in [-0.25, -0.2) is 0 Å². The standard InChI is InChI=1S/C12H13NO2/c1-14-8-9-15-12-6-7-13-11-5-3-2-4-10(11)12/h2-7H,8-9H2,1H3. The summed E-state index contributed by atoms with van der Waals surface area (Å²) in [6.45, 7) is 1.15. The molecule has 2 aromatic rings. The van der Waals surface area contributed by atoms with E-state index >= 15 is 0 Å². The zero-order valence-electron chi connectivity index (χ0n) is 8.64. The maximum absolute atomic E-state index is 5.59. The van der Waals surface area contributed by atoms with Gasteiger partial charge in [-0.3, -0.25) is 4.98 Å². The summed E-state index contributed by atoms with van der Waals surface area (Å²) < 4.78 is 10.5. The minimum Gasteiger partial charge on any atom is -0.490 e. The molecule has 0 amide bonds. The molecule has 3 nitrogen and oxygen atoms in total. The SMILES string of the molecule is COCCOc1ccnc2ccccc12. The molecule has 0 unspecified atom stereocenters. The number of aromatic nitrogens is 1. The van der Waals surface area contributed by atoms with Crippen molar-refractivity contribution in [1.29, 1.82) is 0 Å². The van der Waals surface area contributed by atoms with Gasteiger partial charge in [0.15, 0.2) is 0 Å². The van der Waals surface area contributed by atoms with E-state index in [4.69, 9.17) is 9.47 Å². The fourth-order valence-corrected chi connectivity index (χ4v) is 1.43. The number of pyridine rings is 1. The van der Waals surface area contributed by atoms with Crippen LogP contribution >= 0.6 is 0 Å². The van der Waals surface area contributed by atoms with Gasteiger partial charge in [0, 0.05) is 18.7 Å². The Balaban J connectivity index is 2.26. The quantitative estimate of drug-likeness (QED) is 0.714. The summed E-state index contributed by atoms with van der Waals surface area (Å²) in [4.78, 5) is 4.26. The average molecular weight is 203 g/mol. The topological polar surface area (TPSA) is 31.4 Å². The fourth-order valence-electron chi connectivity index (χ4n) is 1.43. The van der Waals surface area contributed by atoms with Crippen molar-refractivity contribution in [3.05, 3.63) is 36.5 Å². The van der Waals surface area contributed by atoms with Gasteiger partial charge in [-0.1, -0.05) is 12.1 Å². The van der Waals surface area contributed by atoms with Crippen LogP contribution < -0.4 is 4.74 Å². The predicted octanol–water partition coefficient (Wildman–Crippen LogP) is 2.26. The zero-order chi connectivity index (χ0) is 10.5. The number of nitrogens with zero attached hydrogens (tertiary/aromatic N) is 1. The van der Waals surface area contributed by atoms with Crippen LogP contribution in [0.5, 0.6) is 5.75 Å². The summed E-state index contributed by atoms with van der Waals surface area (Å²) in [7, 11) is 1.66. The van der Waals surface area contributed by atoms with Gasteiger partial charge in [0.05, 0.1) is 12.1 Å². The number of rotatable bonds is 4.